The van der Waals surface area contributed by atoms with E-state index in [4.69, 9.17) is 10.00 Å². The maximum Gasteiger partial charge on any atom is 0.251 e. The number of piperazine rings is 1. The van der Waals surface area contributed by atoms with Gasteiger partial charge in [0.15, 0.2) is 0 Å². The van der Waals surface area contributed by atoms with Crippen LogP contribution in [0.1, 0.15) is 18.4 Å². The molecule has 1 aromatic rings. The number of benzene rings is 1. The van der Waals surface area contributed by atoms with E-state index < -0.39 is 0 Å². The van der Waals surface area contributed by atoms with Gasteiger partial charge in [0.1, 0.15) is 12.2 Å². The van der Waals surface area contributed by atoms with Gasteiger partial charge >= 0.3 is 0 Å². The topological polar surface area (TPSA) is 85.7 Å². The highest BCUT2D eigenvalue weighted by Crippen LogP contribution is 2.16. The number of rotatable bonds is 4. The monoisotopic (exact) mass is 342 g/mol. The van der Waals surface area contributed by atoms with E-state index in [0.717, 1.165) is 12.8 Å². The lowest BCUT2D eigenvalue weighted by Gasteiger charge is -2.35. The number of anilines is 1. The summed E-state index contributed by atoms with van der Waals surface area (Å²) in [6, 6.07) is 9.00. The van der Waals surface area contributed by atoms with Crippen LogP contribution in [-0.4, -0.2) is 67.0 Å². The molecule has 0 radical (unpaired) electrons. The van der Waals surface area contributed by atoms with Crippen molar-refractivity contribution in [3.63, 3.8) is 0 Å². The van der Waals surface area contributed by atoms with Gasteiger partial charge in [0.05, 0.1) is 17.8 Å². The lowest BCUT2D eigenvalue weighted by Crippen LogP contribution is -2.52. The fourth-order valence-corrected chi connectivity index (χ4v) is 3.18. The molecule has 0 saturated carbocycles. The third-order valence-corrected chi connectivity index (χ3v) is 4.58. The number of nitrogens with one attached hydrogen (secondary N) is 1. The third-order valence-electron chi connectivity index (χ3n) is 4.58. The molecular formula is C18H22N4O3. The average Bonchev–Trinajstić information content (AvgIpc) is 3.17. The molecule has 2 aliphatic rings. The first-order valence-electron chi connectivity index (χ1n) is 8.59. The number of amides is 2. The molecule has 2 fully saturated rings. The van der Waals surface area contributed by atoms with Crippen molar-refractivity contribution in [1.29, 1.82) is 5.26 Å². The van der Waals surface area contributed by atoms with Gasteiger partial charge in [0, 0.05) is 32.8 Å². The van der Waals surface area contributed by atoms with Crippen molar-refractivity contribution < 1.29 is 14.3 Å². The highest BCUT2D eigenvalue weighted by atomic mass is 16.5. The molecule has 1 aromatic carbocycles. The molecule has 2 aliphatic heterocycles. The number of carbonyl (C=O) groups excluding carboxylic acids is 2. The summed E-state index contributed by atoms with van der Waals surface area (Å²) < 4.78 is 5.45. The molecule has 1 N–H and O–H groups in total. The molecule has 3 rings (SSSR count). The lowest BCUT2D eigenvalue weighted by molar-refractivity contribution is -0.142. The first-order valence-corrected chi connectivity index (χ1v) is 8.59. The summed E-state index contributed by atoms with van der Waals surface area (Å²) in [7, 11) is 0. The van der Waals surface area contributed by atoms with Gasteiger partial charge in [-0.05, 0) is 25.0 Å². The predicted molar refractivity (Wildman–Crippen MR) is 91.8 cm³/mol. The lowest BCUT2D eigenvalue weighted by atomic mass is 10.2. The Morgan fingerprint density at radius 2 is 2.00 bits per heavy atom. The van der Waals surface area contributed by atoms with E-state index in [1.807, 2.05) is 9.80 Å². The second-order valence-electron chi connectivity index (χ2n) is 6.31. The molecule has 0 aromatic heterocycles. The minimum atomic E-state index is -0.280. The van der Waals surface area contributed by atoms with Crippen molar-refractivity contribution in [3.05, 3.63) is 29.8 Å². The van der Waals surface area contributed by atoms with Gasteiger partial charge in [-0.25, -0.2) is 0 Å². The molecule has 1 atom stereocenters. The van der Waals surface area contributed by atoms with E-state index >= 15 is 0 Å². The van der Waals surface area contributed by atoms with Gasteiger partial charge in [-0.2, -0.15) is 5.26 Å². The van der Waals surface area contributed by atoms with E-state index in [1.54, 1.807) is 24.3 Å². The molecular weight excluding hydrogens is 320 g/mol. The fourth-order valence-electron chi connectivity index (χ4n) is 3.18. The molecule has 0 bridgehead atoms. The van der Waals surface area contributed by atoms with Gasteiger partial charge < -0.3 is 15.0 Å². The van der Waals surface area contributed by atoms with Crippen LogP contribution in [0.3, 0.4) is 0 Å². The van der Waals surface area contributed by atoms with Crippen molar-refractivity contribution in [2.24, 2.45) is 0 Å². The van der Waals surface area contributed by atoms with Crippen LogP contribution in [0.4, 0.5) is 5.69 Å². The Bertz CT molecular complexity index is 671. The zero-order valence-corrected chi connectivity index (χ0v) is 14.1. The number of ether oxygens (including phenoxy) is 1. The number of nitrogens with zero attached hydrogens (tertiary/aromatic N) is 3. The molecule has 1 unspecified atom stereocenters. The average molecular weight is 342 g/mol. The Morgan fingerprint density at radius 1 is 1.24 bits per heavy atom. The second kappa shape index (κ2) is 8.10. The van der Waals surface area contributed by atoms with Crippen LogP contribution in [0.5, 0.6) is 0 Å². The number of hydrogen-bond acceptors (Lipinski definition) is 5. The third kappa shape index (κ3) is 4.35. The van der Waals surface area contributed by atoms with Crippen LogP contribution in [0.2, 0.25) is 0 Å². The van der Waals surface area contributed by atoms with Gasteiger partial charge in [-0.3, -0.25) is 14.5 Å². The summed E-state index contributed by atoms with van der Waals surface area (Å²) in [4.78, 5) is 28.4. The van der Waals surface area contributed by atoms with Crippen molar-refractivity contribution in [2.45, 2.75) is 18.9 Å². The van der Waals surface area contributed by atoms with Crippen LogP contribution in [0.15, 0.2) is 24.3 Å². The van der Waals surface area contributed by atoms with Crippen molar-refractivity contribution >= 4 is 17.5 Å². The van der Waals surface area contributed by atoms with Gasteiger partial charge in [0.2, 0.25) is 5.91 Å². The van der Waals surface area contributed by atoms with Crippen LogP contribution in [-0.2, 0) is 14.3 Å². The van der Waals surface area contributed by atoms with Crippen molar-refractivity contribution in [1.82, 2.24) is 9.80 Å². The molecule has 132 valence electrons. The van der Waals surface area contributed by atoms with E-state index in [9.17, 15) is 9.59 Å². The Labute approximate surface area is 147 Å². The Kier molecular flexibility index (Phi) is 5.64. The minimum Gasteiger partial charge on any atom is -0.368 e. The van der Waals surface area contributed by atoms with Crippen LogP contribution >= 0.6 is 0 Å². The Hall–Kier alpha value is -2.43. The Morgan fingerprint density at radius 3 is 2.68 bits per heavy atom. The van der Waals surface area contributed by atoms with Crippen LogP contribution < -0.4 is 5.32 Å². The summed E-state index contributed by atoms with van der Waals surface area (Å²) in [5.41, 5.74) is 0.977. The van der Waals surface area contributed by atoms with E-state index in [0.29, 0.717) is 44.0 Å². The van der Waals surface area contributed by atoms with Crippen molar-refractivity contribution in [3.8, 4) is 6.07 Å². The highest BCUT2D eigenvalue weighted by molar-refractivity contribution is 5.93. The van der Waals surface area contributed by atoms with E-state index in [-0.39, 0.29) is 24.5 Å². The standard InChI is InChI=1S/C18H22N4O3/c19-12-14-4-1-2-5-15(14)20-17(23)13-21-7-9-22(10-8-21)18(24)16-6-3-11-25-16/h1-2,4-5,16H,3,6-11,13H2,(H,20,23). The second-order valence-corrected chi connectivity index (χ2v) is 6.31. The predicted octanol–water partition coefficient (Wildman–Crippen LogP) is 0.820. The molecule has 0 spiro atoms. The quantitative estimate of drug-likeness (QED) is 0.875. The van der Waals surface area contributed by atoms with E-state index in [1.165, 1.54) is 0 Å². The fraction of sp³-hybridized carbons (Fsp3) is 0.500. The zero-order chi connectivity index (χ0) is 17.6. The minimum absolute atomic E-state index is 0.0737. The van der Waals surface area contributed by atoms with Crippen molar-refractivity contribution in [2.75, 3.05) is 44.6 Å². The maximum atomic E-state index is 12.3. The largest absolute Gasteiger partial charge is 0.368 e. The molecule has 2 saturated heterocycles. The zero-order valence-electron chi connectivity index (χ0n) is 14.1. The van der Waals surface area contributed by atoms with Gasteiger partial charge in [0.25, 0.3) is 5.91 Å². The number of nitriles is 1. The van der Waals surface area contributed by atoms with Gasteiger partial charge in [-0.15, -0.1) is 0 Å². The number of carbonyl (C=O) groups is 2. The molecule has 0 aliphatic carbocycles. The number of hydrogen-bond donors (Lipinski definition) is 1. The first-order chi connectivity index (χ1) is 12.2. The molecule has 2 heterocycles. The first kappa shape index (κ1) is 17.4. The summed E-state index contributed by atoms with van der Waals surface area (Å²) >= 11 is 0. The van der Waals surface area contributed by atoms with Crippen LogP contribution in [0, 0.1) is 11.3 Å². The maximum absolute atomic E-state index is 12.3. The molecule has 25 heavy (non-hydrogen) atoms. The van der Waals surface area contributed by atoms with E-state index in [2.05, 4.69) is 11.4 Å². The normalized spacial score (nSPS) is 20.9. The molecule has 7 nitrogen and oxygen atoms in total. The summed E-state index contributed by atoms with van der Waals surface area (Å²) in [6.07, 6.45) is 1.47. The smallest absolute Gasteiger partial charge is 0.251 e. The molecule has 2 amide bonds. The SMILES string of the molecule is N#Cc1ccccc1NC(=O)CN1CCN(C(=O)C2CCCO2)CC1. The summed E-state index contributed by atoms with van der Waals surface area (Å²) in [6.45, 7) is 3.46. The van der Waals surface area contributed by atoms with Gasteiger partial charge in [-0.1, -0.05) is 12.1 Å². The molecule has 7 heteroatoms. The van der Waals surface area contributed by atoms with Crippen LogP contribution in [0.25, 0.3) is 0 Å². The summed E-state index contributed by atoms with van der Waals surface area (Å²) in [5, 5.41) is 11.8. The number of para-hydroxylation sites is 1. The highest BCUT2D eigenvalue weighted by Gasteiger charge is 2.30. The summed E-state index contributed by atoms with van der Waals surface area (Å²) in [5.74, 6) is -0.0776. The Balaban J connectivity index is 1.46.